The van der Waals surface area contributed by atoms with E-state index >= 15 is 0 Å². The van der Waals surface area contributed by atoms with Crippen LogP contribution in [0.1, 0.15) is 17.2 Å². The summed E-state index contributed by atoms with van der Waals surface area (Å²) >= 11 is 3.27. The number of ether oxygens (including phenoxy) is 1. The van der Waals surface area contributed by atoms with Crippen molar-refractivity contribution in [2.45, 2.75) is 11.0 Å². The minimum Gasteiger partial charge on any atom is -0.497 e. The van der Waals surface area contributed by atoms with Crippen LogP contribution in [0.3, 0.4) is 0 Å². The minimum absolute atomic E-state index is 0.0553. The standard InChI is InChI=1S/C20H15BrO5S/c1-25-13-4-8-16-17-9-5-14(11-19(17)20(22)18(16)10-13)26-27(23,24)15-6-2-12(21)3-7-15/h2-11,20,22H,1H3/t20-/m1/s1. The molecular weight excluding hydrogens is 432 g/mol. The van der Waals surface area contributed by atoms with Gasteiger partial charge in [0.2, 0.25) is 0 Å². The lowest BCUT2D eigenvalue weighted by atomic mass is 10.1. The number of rotatable bonds is 4. The molecule has 27 heavy (non-hydrogen) atoms. The van der Waals surface area contributed by atoms with E-state index in [-0.39, 0.29) is 10.6 Å². The first-order chi connectivity index (χ1) is 12.9. The Bertz CT molecular complexity index is 1120. The molecular formula is C20H15BrO5S. The van der Waals surface area contributed by atoms with Gasteiger partial charge in [-0.3, -0.25) is 0 Å². The maximum atomic E-state index is 12.5. The molecule has 5 nitrogen and oxygen atoms in total. The Morgan fingerprint density at radius 2 is 1.44 bits per heavy atom. The summed E-state index contributed by atoms with van der Waals surface area (Å²) in [6.07, 6.45) is -0.871. The lowest BCUT2D eigenvalue weighted by Gasteiger charge is -2.10. The van der Waals surface area contributed by atoms with Gasteiger partial charge in [-0.15, -0.1) is 0 Å². The predicted molar refractivity (Wildman–Crippen MR) is 104 cm³/mol. The number of benzene rings is 3. The number of fused-ring (bicyclic) bond motifs is 3. The van der Waals surface area contributed by atoms with Crippen molar-refractivity contribution in [2.75, 3.05) is 7.11 Å². The van der Waals surface area contributed by atoms with Gasteiger partial charge in [0.15, 0.2) is 0 Å². The molecule has 0 saturated carbocycles. The highest BCUT2D eigenvalue weighted by Gasteiger charge is 2.28. The molecule has 3 aromatic carbocycles. The zero-order valence-electron chi connectivity index (χ0n) is 14.2. The van der Waals surface area contributed by atoms with E-state index in [9.17, 15) is 13.5 Å². The number of aliphatic hydroxyl groups excluding tert-OH is 1. The van der Waals surface area contributed by atoms with E-state index in [1.807, 2.05) is 12.1 Å². The monoisotopic (exact) mass is 446 g/mol. The first-order valence-corrected chi connectivity index (χ1v) is 10.3. The predicted octanol–water partition coefficient (Wildman–Crippen LogP) is 4.29. The molecule has 0 bridgehead atoms. The van der Waals surface area contributed by atoms with E-state index in [2.05, 4.69) is 15.9 Å². The van der Waals surface area contributed by atoms with Crippen molar-refractivity contribution in [1.29, 1.82) is 0 Å². The zero-order chi connectivity index (χ0) is 19.2. The number of aliphatic hydroxyl groups is 1. The lowest BCUT2D eigenvalue weighted by molar-refractivity contribution is 0.224. The summed E-state index contributed by atoms with van der Waals surface area (Å²) in [5.41, 5.74) is 3.05. The van der Waals surface area contributed by atoms with E-state index < -0.39 is 16.2 Å². The number of hydrogen-bond acceptors (Lipinski definition) is 5. The smallest absolute Gasteiger partial charge is 0.339 e. The molecule has 7 heteroatoms. The fourth-order valence-electron chi connectivity index (χ4n) is 3.15. The van der Waals surface area contributed by atoms with Crippen LogP contribution >= 0.6 is 15.9 Å². The summed E-state index contributed by atoms with van der Waals surface area (Å²) in [7, 11) is -2.40. The van der Waals surface area contributed by atoms with Crippen LogP contribution in [0.2, 0.25) is 0 Å². The summed E-state index contributed by atoms with van der Waals surface area (Å²) in [5.74, 6) is 0.797. The fraction of sp³-hybridized carbons (Fsp3) is 0.100. The second-order valence-electron chi connectivity index (χ2n) is 6.10. The molecule has 0 aliphatic heterocycles. The van der Waals surface area contributed by atoms with Crippen molar-refractivity contribution in [1.82, 2.24) is 0 Å². The van der Waals surface area contributed by atoms with E-state index in [1.54, 1.807) is 43.5 Å². The summed E-state index contributed by atoms with van der Waals surface area (Å²) in [6, 6.07) is 16.6. The highest BCUT2D eigenvalue weighted by atomic mass is 79.9. The van der Waals surface area contributed by atoms with Crippen LogP contribution in [0.15, 0.2) is 70.0 Å². The van der Waals surface area contributed by atoms with Crippen LogP contribution in [-0.2, 0) is 10.1 Å². The second kappa shape index (κ2) is 6.67. The molecule has 0 radical (unpaired) electrons. The van der Waals surface area contributed by atoms with E-state index in [0.29, 0.717) is 11.3 Å². The third-order valence-corrected chi connectivity index (χ3v) is 6.26. The van der Waals surface area contributed by atoms with Crippen molar-refractivity contribution in [2.24, 2.45) is 0 Å². The first kappa shape index (κ1) is 18.0. The molecule has 1 atom stereocenters. The summed E-state index contributed by atoms with van der Waals surface area (Å²) in [4.78, 5) is 0.0553. The molecule has 1 aliphatic carbocycles. The van der Waals surface area contributed by atoms with E-state index in [4.69, 9.17) is 8.92 Å². The minimum atomic E-state index is -3.97. The third-order valence-electron chi connectivity index (χ3n) is 4.47. The van der Waals surface area contributed by atoms with Gasteiger partial charge >= 0.3 is 10.1 Å². The quantitative estimate of drug-likeness (QED) is 0.605. The van der Waals surface area contributed by atoms with Gasteiger partial charge in [-0.25, -0.2) is 0 Å². The highest BCUT2D eigenvalue weighted by Crippen LogP contribution is 2.46. The largest absolute Gasteiger partial charge is 0.497 e. The average molecular weight is 447 g/mol. The Balaban J connectivity index is 1.68. The van der Waals surface area contributed by atoms with Crippen LogP contribution in [0.4, 0.5) is 0 Å². The SMILES string of the molecule is COc1ccc2c(c1)[C@@H](O)c1cc(OS(=O)(=O)c3ccc(Br)cc3)ccc1-2. The topological polar surface area (TPSA) is 72.8 Å². The van der Waals surface area contributed by atoms with Crippen LogP contribution in [0.5, 0.6) is 11.5 Å². The second-order valence-corrected chi connectivity index (χ2v) is 8.56. The average Bonchev–Trinajstić information content (AvgIpc) is 2.93. The van der Waals surface area contributed by atoms with Crippen LogP contribution in [0, 0.1) is 0 Å². The van der Waals surface area contributed by atoms with Gasteiger partial charge in [0.1, 0.15) is 22.5 Å². The number of halogens is 1. The molecule has 1 N–H and O–H groups in total. The first-order valence-electron chi connectivity index (χ1n) is 8.09. The van der Waals surface area contributed by atoms with Gasteiger partial charge in [0.25, 0.3) is 0 Å². The summed E-state index contributed by atoms with van der Waals surface area (Å²) in [6.45, 7) is 0. The van der Waals surface area contributed by atoms with Gasteiger partial charge in [0.05, 0.1) is 7.11 Å². The molecule has 0 amide bonds. The van der Waals surface area contributed by atoms with Crippen molar-refractivity contribution in [3.05, 3.63) is 76.3 Å². The highest BCUT2D eigenvalue weighted by molar-refractivity contribution is 9.10. The van der Waals surface area contributed by atoms with Crippen LogP contribution in [-0.4, -0.2) is 20.6 Å². The van der Waals surface area contributed by atoms with Crippen molar-refractivity contribution in [3.63, 3.8) is 0 Å². The molecule has 0 spiro atoms. The molecule has 0 heterocycles. The van der Waals surface area contributed by atoms with Crippen molar-refractivity contribution < 1.29 is 22.4 Å². The molecule has 0 unspecified atom stereocenters. The molecule has 138 valence electrons. The van der Waals surface area contributed by atoms with E-state index in [0.717, 1.165) is 21.2 Å². The van der Waals surface area contributed by atoms with Gasteiger partial charge < -0.3 is 14.0 Å². The Morgan fingerprint density at radius 3 is 2.04 bits per heavy atom. The zero-order valence-corrected chi connectivity index (χ0v) is 16.6. The van der Waals surface area contributed by atoms with Crippen molar-refractivity contribution in [3.8, 4) is 22.6 Å². The molecule has 0 fully saturated rings. The molecule has 0 aromatic heterocycles. The van der Waals surface area contributed by atoms with Gasteiger partial charge in [-0.2, -0.15) is 8.42 Å². The van der Waals surface area contributed by atoms with Crippen molar-refractivity contribution >= 4 is 26.0 Å². The van der Waals surface area contributed by atoms with E-state index in [1.165, 1.54) is 12.1 Å². The van der Waals surface area contributed by atoms with Crippen LogP contribution < -0.4 is 8.92 Å². The van der Waals surface area contributed by atoms with Gasteiger partial charge in [-0.05, 0) is 70.8 Å². The van der Waals surface area contributed by atoms with Crippen LogP contribution in [0.25, 0.3) is 11.1 Å². The maximum Gasteiger partial charge on any atom is 0.339 e. The Morgan fingerprint density at radius 1 is 0.889 bits per heavy atom. The van der Waals surface area contributed by atoms with Gasteiger partial charge in [-0.1, -0.05) is 28.1 Å². The molecule has 0 saturated heterocycles. The normalized spacial score (nSPS) is 15.1. The Hall–Kier alpha value is -2.35. The molecule has 4 rings (SSSR count). The molecule has 1 aliphatic rings. The van der Waals surface area contributed by atoms with Gasteiger partial charge in [0, 0.05) is 4.47 Å². The third kappa shape index (κ3) is 3.22. The summed E-state index contributed by atoms with van der Waals surface area (Å²) in [5, 5.41) is 10.7. The fourth-order valence-corrected chi connectivity index (χ4v) is 4.33. The summed E-state index contributed by atoms with van der Waals surface area (Å²) < 4.78 is 36.2. The lowest BCUT2D eigenvalue weighted by Crippen LogP contribution is -2.10. The Kier molecular flexibility index (Phi) is 4.46. The number of methoxy groups -OCH3 is 1. The maximum absolute atomic E-state index is 12.5. The number of hydrogen-bond donors (Lipinski definition) is 1. The Labute approximate surface area is 165 Å². The molecule has 3 aromatic rings.